The molecule has 0 unspecified atom stereocenters. The molecule has 0 aliphatic rings. The summed E-state index contributed by atoms with van der Waals surface area (Å²) < 4.78 is 19.1. The number of hydrogen-bond acceptors (Lipinski definition) is 6. The summed E-state index contributed by atoms with van der Waals surface area (Å²) in [5.41, 5.74) is 0.225. The Bertz CT molecular complexity index is 621. The van der Waals surface area contributed by atoms with Gasteiger partial charge in [0.05, 0.1) is 10.5 Å². The highest BCUT2D eigenvalue weighted by Gasteiger charge is 2.18. The fraction of sp³-hybridized carbons (Fsp3) is 0.182. The smallest absolute Gasteiger partial charge is 0.277 e. The molecule has 0 saturated heterocycles. The second-order valence-corrected chi connectivity index (χ2v) is 4.98. The Morgan fingerprint density at radius 2 is 2.30 bits per heavy atom. The van der Waals surface area contributed by atoms with E-state index in [1.165, 1.54) is 16.2 Å². The number of ether oxygens (including phenoxy) is 1. The molecule has 0 saturated carbocycles. The summed E-state index contributed by atoms with van der Waals surface area (Å²) >= 11 is 4.84. The average Bonchev–Trinajstić information content (AvgIpc) is 2.83. The number of thioether (sulfide) groups is 1. The minimum atomic E-state index is -0.667. The second kappa shape index (κ2) is 6.62. The Hall–Kier alpha value is -1.74. The third-order valence-electron chi connectivity index (χ3n) is 2.43. The van der Waals surface area contributed by atoms with E-state index in [0.717, 1.165) is 11.8 Å². The van der Waals surface area contributed by atoms with Gasteiger partial charge in [0.15, 0.2) is 0 Å². The lowest BCUT2D eigenvalue weighted by atomic mass is 10.2. The molecule has 20 heavy (non-hydrogen) atoms. The third-order valence-corrected chi connectivity index (χ3v) is 3.46. The fourth-order valence-electron chi connectivity index (χ4n) is 1.59. The molecule has 0 bridgehead atoms. The first-order valence-electron chi connectivity index (χ1n) is 5.44. The van der Waals surface area contributed by atoms with Gasteiger partial charge >= 0.3 is 0 Å². The first-order chi connectivity index (χ1) is 9.61. The van der Waals surface area contributed by atoms with Crippen molar-refractivity contribution in [3.8, 4) is 5.88 Å². The summed E-state index contributed by atoms with van der Waals surface area (Å²) in [6.45, 7) is -0.0652. The van der Waals surface area contributed by atoms with E-state index in [9.17, 15) is 14.5 Å². The number of nitro groups is 1. The number of thiol groups is 1. The molecule has 1 aromatic heterocycles. The number of aromatic nitrogens is 2. The van der Waals surface area contributed by atoms with Crippen molar-refractivity contribution in [3.05, 3.63) is 46.1 Å². The maximum Gasteiger partial charge on any atom is 0.277 e. The average molecular weight is 315 g/mol. The molecule has 0 amide bonds. The van der Waals surface area contributed by atoms with E-state index in [-0.39, 0.29) is 18.2 Å². The lowest BCUT2D eigenvalue weighted by Gasteiger charge is -2.08. The van der Waals surface area contributed by atoms with Crippen LogP contribution in [0, 0.1) is 10.1 Å². The van der Waals surface area contributed by atoms with E-state index in [0.29, 0.717) is 10.5 Å². The van der Waals surface area contributed by atoms with Crippen molar-refractivity contribution in [2.45, 2.75) is 11.5 Å². The zero-order chi connectivity index (χ0) is 14.5. The van der Waals surface area contributed by atoms with E-state index >= 15 is 0 Å². The molecule has 1 heterocycles. The fourth-order valence-corrected chi connectivity index (χ4v) is 2.37. The molecule has 0 aliphatic carbocycles. The summed E-state index contributed by atoms with van der Waals surface area (Å²) in [5.74, 6) is 0.286. The number of hydrogen-bond donors (Lipinski definition) is 1. The van der Waals surface area contributed by atoms with Crippen LogP contribution in [0.5, 0.6) is 5.88 Å². The van der Waals surface area contributed by atoms with Crippen LogP contribution in [0.2, 0.25) is 0 Å². The highest BCUT2D eigenvalue weighted by molar-refractivity contribution is 7.99. The van der Waals surface area contributed by atoms with Crippen LogP contribution in [0.15, 0.2) is 35.4 Å². The Labute approximate surface area is 123 Å². The lowest BCUT2D eigenvalue weighted by Crippen LogP contribution is -2.03. The Morgan fingerprint density at radius 3 is 2.90 bits per heavy atom. The van der Waals surface area contributed by atoms with Crippen molar-refractivity contribution in [3.63, 3.8) is 0 Å². The van der Waals surface area contributed by atoms with Crippen molar-refractivity contribution in [2.24, 2.45) is 0 Å². The van der Waals surface area contributed by atoms with Crippen molar-refractivity contribution in [2.75, 3.05) is 6.01 Å². The third kappa shape index (κ3) is 3.42. The van der Waals surface area contributed by atoms with E-state index in [1.54, 1.807) is 18.3 Å². The van der Waals surface area contributed by atoms with Crippen LogP contribution in [-0.2, 0) is 6.61 Å². The number of nitro benzene ring substituents is 1. The summed E-state index contributed by atoms with van der Waals surface area (Å²) in [6.07, 6.45) is 1.56. The normalized spacial score (nSPS) is 10.5. The summed E-state index contributed by atoms with van der Waals surface area (Å²) in [4.78, 5) is 11.0. The van der Waals surface area contributed by atoms with Crippen LogP contribution in [-0.4, -0.2) is 20.1 Å². The number of benzene rings is 1. The standard InChI is InChI=1S/C11H10FN3O3S2/c12-7-20-10-3-1-2-9(15(16)17)8(10)6-18-11-4-5-14(19)13-11/h1-5,19H,6-7H2. The molecular formula is C11H10FN3O3S2. The van der Waals surface area contributed by atoms with Crippen molar-refractivity contribution < 1.29 is 14.1 Å². The van der Waals surface area contributed by atoms with Crippen LogP contribution in [0.3, 0.4) is 0 Å². The molecule has 9 heteroatoms. The zero-order valence-corrected chi connectivity index (χ0v) is 11.8. The van der Waals surface area contributed by atoms with Gasteiger partial charge in [-0.1, -0.05) is 17.8 Å². The molecule has 106 valence electrons. The van der Waals surface area contributed by atoms with Gasteiger partial charge in [0.25, 0.3) is 5.69 Å². The number of halogens is 1. The number of nitrogens with zero attached hydrogens (tertiary/aromatic N) is 3. The van der Waals surface area contributed by atoms with Crippen LogP contribution in [0.1, 0.15) is 5.56 Å². The number of rotatable bonds is 6. The zero-order valence-electron chi connectivity index (χ0n) is 10.1. The molecule has 0 spiro atoms. The Morgan fingerprint density at radius 1 is 1.50 bits per heavy atom. The van der Waals surface area contributed by atoms with Gasteiger partial charge in [-0.3, -0.25) is 10.1 Å². The molecular weight excluding hydrogens is 305 g/mol. The quantitative estimate of drug-likeness (QED) is 0.384. The largest absolute Gasteiger partial charge is 0.471 e. The van der Waals surface area contributed by atoms with Crippen LogP contribution in [0.25, 0.3) is 0 Å². The predicted octanol–water partition coefficient (Wildman–Crippen LogP) is 3.08. The van der Waals surface area contributed by atoms with Crippen molar-refractivity contribution in [1.82, 2.24) is 9.19 Å². The highest BCUT2D eigenvalue weighted by Crippen LogP contribution is 2.31. The molecule has 0 aliphatic heterocycles. The molecule has 2 aromatic rings. The SMILES string of the molecule is O=[N+]([O-])c1cccc(SCF)c1COc1ccn(S)n1. The summed E-state index contributed by atoms with van der Waals surface area (Å²) in [5, 5.41) is 14.9. The van der Waals surface area contributed by atoms with Crippen LogP contribution >= 0.6 is 24.6 Å². The summed E-state index contributed by atoms with van der Waals surface area (Å²) in [7, 11) is 0. The van der Waals surface area contributed by atoms with Crippen LogP contribution in [0.4, 0.5) is 10.1 Å². The maximum absolute atomic E-state index is 12.5. The first kappa shape index (κ1) is 14.7. The molecule has 6 nitrogen and oxygen atoms in total. The highest BCUT2D eigenvalue weighted by atomic mass is 32.2. The second-order valence-electron chi connectivity index (χ2n) is 3.63. The molecule has 0 N–H and O–H groups in total. The van der Waals surface area contributed by atoms with Crippen molar-refractivity contribution in [1.29, 1.82) is 0 Å². The molecule has 0 atom stereocenters. The van der Waals surface area contributed by atoms with Crippen molar-refractivity contribution >= 4 is 30.3 Å². The van der Waals surface area contributed by atoms with Gasteiger partial charge in [0.2, 0.25) is 5.88 Å². The van der Waals surface area contributed by atoms with Gasteiger partial charge in [-0.2, -0.15) is 0 Å². The van der Waals surface area contributed by atoms with Gasteiger partial charge in [-0.25, -0.2) is 8.48 Å². The summed E-state index contributed by atoms with van der Waals surface area (Å²) in [6, 6.07) is 5.40. The lowest BCUT2D eigenvalue weighted by molar-refractivity contribution is -0.386. The van der Waals surface area contributed by atoms with Gasteiger partial charge in [0, 0.05) is 23.2 Å². The molecule has 1 aromatic carbocycles. The topological polar surface area (TPSA) is 70.2 Å². The van der Waals surface area contributed by atoms with Gasteiger partial charge < -0.3 is 4.74 Å². The van der Waals surface area contributed by atoms with Gasteiger partial charge in [-0.15, -0.1) is 5.10 Å². The molecule has 0 radical (unpaired) electrons. The minimum absolute atomic E-state index is 0.0652. The molecule has 2 rings (SSSR count). The monoisotopic (exact) mass is 315 g/mol. The first-order valence-corrected chi connectivity index (χ1v) is 6.83. The van der Waals surface area contributed by atoms with E-state index in [2.05, 4.69) is 17.9 Å². The Kier molecular flexibility index (Phi) is 4.85. The number of alkyl halides is 1. The van der Waals surface area contributed by atoms with E-state index in [1.807, 2.05) is 0 Å². The predicted molar refractivity (Wildman–Crippen MR) is 75.9 cm³/mol. The Balaban J connectivity index is 2.25. The minimum Gasteiger partial charge on any atom is -0.471 e. The van der Waals surface area contributed by atoms with Crippen LogP contribution < -0.4 is 4.74 Å². The van der Waals surface area contributed by atoms with E-state index < -0.39 is 10.9 Å². The molecule has 0 fully saturated rings. The van der Waals surface area contributed by atoms with Gasteiger partial charge in [0.1, 0.15) is 12.6 Å². The maximum atomic E-state index is 12.5. The van der Waals surface area contributed by atoms with E-state index in [4.69, 9.17) is 4.74 Å². The van der Waals surface area contributed by atoms with Gasteiger partial charge in [-0.05, 0) is 18.9 Å².